The highest BCUT2D eigenvalue weighted by Crippen LogP contribution is 2.37. The van der Waals surface area contributed by atoms with Gasteiger partial charge in [0.1, 0.15) is 0 Å². The van der Waals surface area contributed by atoms with E-state index in [1.54, 1.807) is 0 Å². The van der Waals surface area contributed by atoms with Crippen LogP contribution in [0.5, 0.6) is 0 Å². The van der Waals surface area contributed by atoms with Crippen molar-refractivity contribution in [3.63, 3.8) is 0 Å². The summed E-state index contributed by atoms with van der Waals surface area (Å²) in [5.74, 6) is 1.20. The molecule has 1 aliphatic heterocycles. The lowest BCUT2D eigenvalue weighted by Gasteiger charge is -2.24. The van der Waals surface area contributed by atoms with Gasteiger partial charge < -0.3 is 16.0 Å². The van der Waals surface area contributed by atoms with E-state index in [9.17, 15) is 4.79 Å². The molecule has 3 N–H and O–H groups in total. The lowest BCUT2D eigenvalue weighted by molar-refractivity contribution is -0.127. The second-order valence-corrected chi connectivity index (χ2v) is 7.61. The third-order valence-electron chi connectivity index (χ3n) is 5.70. The minimum absolute atomic E-state index is 0.0417. The van der Waals surface area contributed by atoms with Gasteiger partial charge in [-0.1, -0.05) is 56.3 Å². The van der Waals surface area contributed by atoms with E-state index in [4.69, 9.17) is 5.73 Å². The number of amides is 1. The van der Waals surface area contributed by atoms with Crippen molar-refractivity contribution in [2.45, 2.75) is 38.6 Å². The fourth-order valence-corrected chi connectivity index (χ4v) is 3.80. The van der Waals surface area contributed by atoms with E-state index in [-0.39, 0.29) is 17.9 Å². The van der Waals surface area contributed by atoms with Crippen molar-refractivity contribution in [3.8, 4) is 0 Å². The Labute approximate surface area is 167 Å². The van der Waals surface area contributed by atoms with Crippen LogP contribution in [-0.4, -0.2) is 30.4 Å². The maximum atomic E-state index is 12.2. The van der Waals surface area contributed by atoms with E-state index < -0.39 is 0 Å². The molecule has 3 unspecified atom stereocenters. The summed E-state index contributed by atoms with van der Waals surface area (Å²) in [7, 11) is 1.87. The first kappa shape index (κ1) is 19.9. The van der Waals surface area contributed by atoms with Gasteiger partial charge in [0.25, 0.3) is 0 Å². The predicted octanol–water partition coefficient (Wildman–Crippen LogP) is 4.15. The van der Waals surface area contributed by atoms with Gasteiger partial charge in [-0.15, -0.1) is 0 Å². The zero-order chi connectivity index (χ0) is 20.1. The molecule has 0 spiro atoms. The summed E-state index contributed by atoms with van der Waals surface area (Å²) in [6, 6.07) is 18.5. The number of rotatable bonds is 6. The van der Waals surface area contributed by atoms with Crippen LogP contribution in [0.3, 0.4) is 0 Å². The Morgan fingerprint density at radius 2 is 1.89 bits per heavy atom. The lowest BCUT2D eigenvalue weighted by atomic mass is 9.94. The van der Waals surface area contributed by atoms with Crippen molar-refractivity contribution in [1.29, 1.82) is 0 Å². The molecule has 5 heteroatoms. The first-order valence-electron chi connectivity index (χ1n) is 9.97. The Hall–Kier alpha value is -2.82. The summed E-state index contributed by atoms with van der Waals surface area (Å²) in [6.07, 6.45) is 1.62. The van der Waals surface area contributed by atoms with Gasteiger partial charge in [-0.2, -0.15) is 0 Å². The molecular formula is C23H30N4O. The molecule has 1 fully saturated rings. The third kappa shape index (κ3) is 4.53. The minimum Gasteiger partial charge on any atom is -0.370 e. The molecule has 1 aliphatic rings. The van der Waals surface area contributed by atoms with Crippen LogP contribution in [0.1, 0.15) is 49.8 Å². The van der Waals surface area contributed by atoms with E-state index in [0.717, 1.165) is 17.7 Å². The van der Waals surface area contributed by atoms with E-state index in [1.165, 1.54) is 5.56 Å². The van der Waals surface area contributed by atoms with Crippen LogP contribution >= 0.6 is 0 Å². The van der Waals surface area contributed by atoms with Gasteiger partial charge in [0.15, 0.2) is 5.96 Å². The zero-order valence-electron chi connectivity index (χ0n) is 16.9. The molecule has 148 valence electrons. The minimum atomic E-state index is 0.0417. The fraction of sp³-hybridized carbons (Fsp3) is 0.391. The number of nitrogens with one attached hydrogen (secondary N) is 1. The van der Waals surface area contributed by atoms with Crippen LogP contribution < -0.4 is 11.1 Å². The summed E-state index contributed by atoms with van der Waals surface area (Å²) in [4.78, 5) is 18.6. The molecule has 5 nitrogen and oxygen atoms in total. The number of nitrogens with zero attached hydrogens (tertiary/aromatic N) is 2. The summed E-state index contributed by atoms with van der Waals surface area (Å²) >= 11 is 0. The predicted molar refractivity (Wildman–Crippen MR) is 115 cm³/mol. The van der Waals surface area contributed by atoms with E-state index >= 15 is 0 Å². The summed E-state index contributed by atoms with van der Waals surface area (Å²) in [5.41, 5.74) is 9.49. The van der Waals surface area contributed by atoms with E-state index in [1.807, 2.05) is 42.3 Å². The maximum absolute atomic E-state index is 12.2. The van der Waals surface area contributed by atoms with Gasteiger partial charge in [-0.25, -0.2) is 0 Å². The normalized spacial score (nSPS) is 21.0. The number of benzene rings is 2. The number of guanidine groups is 1. The van der Waals surface area contributed by atoms with Crippen LogP contribution in [0.4, 0.5) is 5.69 Å². The molecule has 0 aliphatic carbocycles. The maximum Gasteiger partial charge on any atom is 0.223 e. The van der Waals surface area contributed by atoms with Crippen molar-refractivity contribution in [2.75, 3.05) is 18.9 Å². The first-order valence-corrected chi connectivity index (χ1v) is 9.97. The molecule has 1 amide bonds. The molecule has 2 aromatic carbocycles. The third-order valence-corrected chi connectivity index (χ3v) is 5.70. The standard InChI is InChI=1S/C23H30N4O/c1-4-16(2)17-10-12-20(13-11-17)26-23(24)25-15-19-14-21(28)27(3)22(19)18-8-6-5-7-9-18/h5-13,16,19,22H,4,14-15H2,1-3H3,(H3,24,25,26). The van der Waals surface area contributed by atoms with Gasteiger partial charge in [0, 0.05) is 31.6 Å². The number of carbonyl (C=O) groups excluding carboxylic acids is 1. The van der Waals surface area contributed by atoms with Crippen molar-refractivity contribution >= 4 is 17.6 Å². The van der Waals surface area contributed by atoms with Crippen LogP contribution in [-0.2, 0) is 4.79 Å². The molecular weight excluding hydrogens is 348 g/mol. The van der Waals surface area contributed by atoms with Crippen LogP contribution in [0.15, 0.2) is 59.6 Å². The Morgan fingerprint density at radius 1 is 1.21 bits per heavy atom. The molecule has 2 aromatic rings. The number of hydrogen-bond acceptors (Lipinski definition) is 2. The average molecular weight is 379 g/mol. The van der Waals surface area contributed by atoms with Crippen LogP contribution in [0, 0.1) is 5.92 Å². The number of likely N-dealkylation sites (tertiary alicyclic amines) is 1. The number of hydrogen-bond donors (Lipinski definition) is 2. The topological polar surface area (TPSA) is 70.7 Å². The second-order valence-electron chi connectivity index (χ2n) is 7.61. The Balaban J connectivity index is 1.65. The van der Waals surface area contributed by atoms with E-state index in [2.05, 4.69) is 48.4 Å². The lowest BCUT2D eigenvalue weighted by Crippen LogP contribution is -2.27. The number of carbonyl (C=O) groups is 1. The van der Waals surface area contributed by atoms with Crippen molar-refractivity contribution in [2.24, 2.45) is 16.6 Å². The van der Waals surface area contributed by atoms with Gasteiger partial charge in [-0.05, 0) is 35.6 Å². The molecule has 0 radical (unpaired) electrons. The largest absolute Gasteiger partial charge is 0.370 e. The van der Waals surface area contributed by atoms with Gasteiger partial charge in [-0.3, -0.25) is 9.79 Å². The summed E-state index contributed by atoms with van der Waals surface area (Å²) in [5, 5.41) is 3.16. The van der Waals surface area contributed by atoms with E-state index in [0.29, 0.717) is 24.8 Å². The molecule has 28 heavy (non-hydrogen) atoms. The first-order chi connectivity index (χ1) is 13.5. The second kappa shape index (κ2) is 8.91. The Kier molecular flexibility index (Phi) is 6.34. The number of aliphatic imine (C=N–C) groups is 1. The smallest absolute Gasteiger partial charge is 0.223 e. The SMILES string of the molecule is CCC(C)c1ccc(NC(N)=NCC2CC(=O)N(C)C2c2ccccc2)cc1. The fourth-order valence-electron chi connectivity index (χ4n) is 3.80. The molecule has 0 saturated carbocycles. The molecule has 1 saturated heterocycles. The van der Waals surface area contributed by atoms with Crippen molar-refractivity contribution in [1.82, 2.24) is 4.90 Å². The molecule has 0 aromatic heterocycles. The highest BCUT2D eigenvalue weighted by molar-refractivity contribution is 5.92. The molecule has 0 bridgehead atoms. The van der Waals surface area contributed by atoms with Crippen molar-refractivity contribution < 1.29 is 4.79 Å². The number of nitrogens with two attached hydrogens (primary N) is 1. The molecule has 3 atom stereocenters. The summed E-state index contributed by atoms with van der Waals surface area (Å²) in [6.45, 7) is 4.93. The molecule has 1 heterocycles. The zero-order valence-corrected chi connectivity index (χ0v) is 16.9. The quantitative estimate of drug-likeness (QED) is 0.586. The highest BCUT2D eigenvalue weighted by Gasteiger charge is 2.38. The van der Waals surface area contributed by atoms with Gasteiger partial charge in [0.2, 0.25) is 5.91 Å². The van der Waals surface area contributed by atoms with Gasteiger partial charge in [0.05, 0.1) is 6.04 Å². The number of anilines is 1. The Bertz CT molecular complexity index is 816. The summed E-state index contributed by atoms with van der Waals surface area (Å²) < 4.78 is 0. The van der Waals surface area contributed by atoms with Gasteiger partial charge >= 0.3 is 0 Å². The highest BCUT2D eigenvalue weighted by atomic mass is 16.2. The average Bonchev–Trinajstić information content (AvgIpc) is 3.00. The Morgan fingerprint density at radius 3 is 2.54 bits per heavy atom. The van der Waals surface area contributed by atoms with Crippen molar-refractivity contribution in [3.05, 3.63) is 65.7 Å². The molecule has 3 rings (SSSR count). The van der Waals surface area contributed by atoms with Crippen LogP contribution in [0.25, 0.3) is 0 Å². The van der Waals surface area contributed by atoms with Crippen LogP contribution in [0.2, 0.25) is 0 Å². The monoisotopic (exact) mass is 378 g/mol.